The molecule has 0 radical (unpaired) electrons. The van der Waals surface area contributed by atoms with E-state index >= 15 is 0 Å². The van der Waals surface area contributed by atoms with Crippen LogP contribution in [0.3, 0.4) is 0 Å². The zero-order chi connectivity index (χ0) is 19.0. The number of carbonyl (C=O) groups excluding carboxylic acids is 2. The largest absolute Gasteiger partial charge is 0.493 e. The van der Waals surface area contributed by atoms with Crippen LogP contribution in [0.1, 0.15) is 27.9 Å². The Hall–Kier alpha value is -3.35. The maximum atomic E-state index is 12.8. The van der Waals surface area contributed by atoms with E-state index in [2.05, 4.69) is 5.10 Å². The predicted octanol–water partition coefficient (Wildman–Crippen LogP) is 2.42. The zero-order valence-electron chi connectivity index (χ0n) is 15.0. The summed E-state index contributed by atoms with van der Waals surface area (Å²) in [5.41, 5.74) is 2.92. The van der Waals surface area contributed by atoms with Gasteiger partial charge in [0.05, 0.1) is 32.9 Å². The van der Waals surface area contributed by atoms with E-state index < -0.39 is 0 Å². The Morgan fingerprint density at radius 1 is 1.11 bits per heavy atom. The summed E-state index contributed by atoms with van der Waals surface area (Å²) >= 11 is 0. The van der Waals surface area contributed by atoms with Crippen molar-refractivity contribution in [2.45, 2.75) is 12.8 Å². The second kappa shape index (κ2) is 6.75. The monoisotopic (exact) mass is 366 g/mol. The third kappa shape index (κ3) is 3.12. The van der Waals surface area contributed by atoms with Crippen molar-refractivity contribution in [3.8, 4) is 17.2 Å². The van der Waals surface area contributed by atoms with Gasteiger partial charge in [-0.2, -0.15) is 5.10 Å². The van der Waals surface area contributed by atoms with Crippen LogP contribution >= 0.6 is 0 Å². The van der Waals surface area contributed by atoms with Crippen LogP contribution in [0.2, 0.25) is 0 Å². The molecule has 27 heavy (non-hydrogen) atoms. The molecular weight excluding hydrogens is 348 g/mol. The number of esters is 1. The van der Waals surface area contributed by atoms with Gasteiger partial charge in [-0.1, -0.05) is 0 Å². The minimum absolute atomic E-state index is 0.191. The molecule has 0 bridgehead atoms. The molecule has 2 aromatic carbocycles. The van der Waals surface area contributed by atoms with Gasteiger partial charge in [-0.05, 0) is 36.4 Å². The Kier molecular flexibility index (Phi) is 4.27. The molecule has 0 fully saturated rings. The summed E-state index contributed by atoms with van der Waals surface area (Å²) < 4.78 is 15.7. The number of methoxy groups -OCH3 is 2. The molecule has 138 valence electrons. The van der Waals surface area contributed by atoms with Crippen molar-refractivity contribution in [1.82, 2.24) is 5.01 Å². The number of carbonyl (C=O) groups is 2. The maximum absolute atomic E-state index is 12.8. The SMILES string of the molecule is COc1ccc(C2=NN(C(=O)c3ccc4c(c3)CC(=O)O4)CC2)cc1OC. The summed E-state index contributed by atoms with van der Waals surface area (Å²) in [6, 6.07) is 10.6. The molecule has 0 N–H and O–H groups in total. The first-order valence-corrected chi connectivity index (χ1v) is 8.54. The van der Waals surface area contributed by atoms with Gasteiger partial charge in [0, 0.05) is 23.1 Å². The van der Waals surface area contributed by atoms with Crippen LogP contribution in [-0.2, 0) is 11.2 Å². The first-order chi connectivity index (χ1) is 13.1. The zero-order valence-corrected chi connectivity index (χ0v) is 15.0. The Morgan fingerprint density at radius 2 is 1.93 bits per heavy atom. The normalized spacial score (nSPS) is 15.3. The fourth-order valence-corrected chi connectivity index (χ4v) is 3.24. The van der Waals surface area contributed by atoms with Gasteiger partial charge in [0.2, 0.25) is 0 Å². The van der Waals surface area contributed by atoms with E-state index in [1.54, 1.807) is 32.4 Å². The molecule has 7 heteroatoms. The van der Waals surface area contributed by atoms with Gasteiger partial charge < -0.3 is 14.2 Å². The lowest BCUT2D eigenvalue weighted by Crippen LogP contribution is -2.23. The maximum Gasteiger partial charge on any atom is 0.315 e. The van der Waals surface area contributed by atoms with Crippen molar-refractivity contribution in [2.24, 2.45) is 5.10 Å². The van der Waals surface area contributed by atoms with Crippen LogP contribution < -0.4 is 14.2 Å². The summed E-state index contributed by atoms with van der Waals surface area (Å²) in [6.07, 6.45) is 0.838. The van der Waals surface area contributed by atoms with Gasteiger partial charge in [-0.3, -0.25) is 9.59 Å². The number of amides is 1. The highest BCUT2D eigenvalue weighted by Crippen LogP contribution is 2.30. The fraction of sp³-hybridized carbons (Fsp3) is 0.250. The minimum atomic E-state index is -0.301. The van der Waals surface area contributed by atoms with Crippen molar-refractivity contribution >= 4 is 17.6 Å². The molecule has 0 saturated carbocycles. The van der Waals surface area contributed by atoms with Gasteiger partial charge in [-0.15, -0.1) is 0 Å². The summed E-state index contributed by atoms with van der Waals surface area (Å²) in [5, 5.41) is 5.93. The molecule has 0 aliphatic carbocycles. The van der Waals surface area contributed by atoms with E-state index in [-0.39, 0.29) is 18.3 Å². The summed E-state index contributed by atoms with van der Waals surface area (Å²) in [5.74, 6) is 1.28. The van der Waals surface area contributed by atoms with Crippen LogP contribution in [0.25, 0.3) is 0 Å². The van der Waals surface area contributed by atoms with Crippen LogP contribution in [0.15, 0.2) is 41.5 Å². The lowest BCUT2D eigenvalue weighted by Gasteiger charge is -2.12. The number of rotatable bonds is 4. The van der Waals surface area contributed by atoms with E-state index in [1.165, 1.54) is 5.01 Å². The summed E-state index contributed by atoms with van der Waals surface area (Å²) in [6.45, 7) is 0.495. The minimum Gasteiger partial charge on any atom is -0.493 e. The third-order valence-electron chi connectivity index (χ3n) is 4.62. The molecule has 2 heterocycles. The highest BCUT2D eigenvalue weighted by atomic mass is 16.5. The van der Waals surface area contributed by atoms with Gasteiger partial charge in [-0.25, -0.2) is 5.01 Å². The molecule has 0 aromatic heterocycles. The van der Waals surface area contributed by atoms with Gasteiger partial charge in [0.1, 0.15) is 5.75 Å². The quantitative estimate of drug-likeness (QED) is 0.613. The van der Waals surface area contributed by atoms with Crippen molar-refractivity contribution in [2.75, 3.05) is 20.8 Å². The average Bonchev–Trinajstić information content (AvgIpc) is 3.32. The molecule has 2 aliphatic rings. The molecule has 0 saturated heterocycles. The second-order valence-corrected chi connectivity index (χ2v) is 6.27. The number of benzene rings is 2. The van der Waals surface area contributed by atoms with Crippen molar-refractivity contribution < 1.29 is 23.8 Å². The van der Waals surface area contributed by atoms with Crippen molar-refractivity contribution in [3.63, 3.8) is 0 Å². The Labute approximate surface area is 156 Å². The number of hydrogen-bond donors (Lipinski definition) is 0. The third-order valence-corrected chi connectivity index (χ3v) is 4.62. The lowest BCUT2D eigenvalue weighted by molar-refractivity contribution is -0.131. The number of hydrogen-bond acceptors (Lipinski definition) is 6. The predicted molar refractivity (Wildman–Crippen MR) is 97.5 cm³/mol. The molecular formula is C20H18N2O5. The standard InChI is InChI=1S/C20H18N2O5/c1-25-17-6-3-12(10-18(17)26-2)15-7-8-22(21-15)20(24)13-4-5-16-14(9-13)11-19(23)27-16/h3-6,9-10H,7-8,11H2,1-2H3. The first kappa shape index (κ1) is 17.1. The second-order valence-electron chi connectivity index (χ2n) is 6.27. The van der Waals surface area contributed by atoms with Crippen molar-refractivity contribution in [3.05, 3.63) is 53.1 Å². The fourth-order valence-electron chi connectivity index (χ4n) is 3.24. The van der Waals surface area contributed by atoms with Crippen LogP contribution in [0.5, 0.6) is 17.2 Å². The highest BCUT2D eigenvalue weighted by molar-refractivity contribution is 6.05. The van der Waals surface area contributed by atoms with E-state index in [0.717, 1.165) is 16.8 Å². The number of fused-ring (bicyclic) bond motifs is 1. The number of hydrazone groups is 1. The van der Waals surface area contributed by atoms with E-state index in [4.69, 9.17) is 14.2 Å². The molecule has 1 amide bonds. The van der Waals surface area contributed by atoms with E-state index in [1.807, 2.05) is 18.2 Å². The molecule has 4 rings (SSSR count). The first-order valence-electron chi connectivity index (χ1n) is 8.54. The topological polar surface area (TPSA) is 77.4 Å². The lowest BCUT2D eigenvalue weighted by atomic mass is 10.1. The molecule has 0 atom stereocenters. The van der Waals surface area contributed by atoms with E-state index in [0.29, 0.717) is 35.8 Å². The van der Waals surface area contributed by atoms with Crippen LogP contribution in [0.4, 0.5) is 0 Å². The molecule has 0 unspecified atom stereocenters. The van der Waals surface area contributed by atoms with Crippen LogP contribution in [-0.4, -0.2) is 43.4 Å². The Balaban J connectivity index is 1.56. The molecule has 7 nitrogen and oxygen atoms in total. The molecule has 2 aliphatic heterocycles. The van der Waals surface area contributed by atoms with Gasteiger partial charge in [0.15, 0.2) is 11.5 Å². The number of nitrogens with zero attached hydrogens (tertiary/aromatic N) is 2. The summed E-state index contributed by atoms with van der Waals surface area (Å²) in [7, 11) is 3.16. The Morgan fingerprint density at radius 3 is 2.70 bits per heavy atom. The summed E-state index contributed by atoms with van der Waals surface area (Å²) in [4.78, 5) is 24.2. The average molecular weight is 366 g/mol. The van der Waals surface area contributed by atoms with Crippen molar-refractivity contribution in [1.29, 1.82) is 0 Å². The highest BCUT2D eigenvalue weighted by Gasteiger charge is 2.26. The van der Waals surface area contributed by atoms with Gasteiger partial charge >= 0.3 is 5.97 Å². The number of ether oxygens (including phenoxy) is 3. The molecule has 2 aromatic rings. The van der Waals surface area contributed by atoms with Gasteiger partial charge in [0.25, 0.3) is 5.91 Å². The smallest absolute Gasteiger partial charge is 0.315 e. The Bertz CT molecular complexity index is 967. The molecule has 0 spiro atoms. The van der Waals surface area contributed by atoms with E-state index in [9.17, 15) is 9.59 Å². The van der Waals surface area contributed by atoms with Crippen LogP contribution in [0, 0.1) is 0 Å².